The smallest absolute Gasteiger partial charge is 0.264 e. The predicted molar refractivity (Wildman–Crippen MR) is 130 cm³/mol. The zero-order chi connectivity index (χ0) is 23.1. The minimum Gasteiger partial charge on any atom is -0.354 e. The van der Waals surface area contributed by atoms with Crippen LogP contribution in [0.15, 0.2) is 53.4 Å². The summed E-state index contributed by atoms with van der Waals surface area (Å²) in [5, 5.41) is 3.28. The lowest BCUT2D eigenvalue weighted by molar-refractivity contribution is -0.119. The number of nitrogens with zero attached hydrogens (tertiary/aromatic N) is 2. The number of carbonyl (C=O) groups excluding carboxylic acids is 1. The minimum atomic E-state index is -3.93. The third-order valence-electron chi connectivity index (χ3n) is 5.84. The summed E-state index contributed by atoms with van der Waals surface area (Å²) in [6.45, 7) is 7.53. The Balaban J connectivity index is 1.65. The second-order valence-corrected chi connectivity index (χ2v) is 10.8. The lowest BCUT2D eigenvalue weighted by Crippen LogP contribution is -2.42. The fourth-order valence-corrected chi connectivity index (χ4v) is 5.38. The number of sulfonamides is 1. The van der Waals surface area contributed by atoms with Crippen molar-refractivity contribution in [2.75, 3.05) is 37.0 Å². The molecule has 1 amide bonds. The van der Waals surface area contributed by atoms with Crippen LogP contribution < -0.4 is 9.62 Å². The van der Waals surface area contributed by atoms with Crippen LogP contribution in [0, 0.1) is 12.8 Å². The Morgan fingerprint density at radius 2 is 1.84 bits per heavy atom. The first-order chi connectivity index (χ1) is 15.3. The van der Waals surface area contributed by atoms with E-state index in [1.54, 1.807) is 48.5 Å². The highest BCUT2D eigenvalue weighted by molar-refractivity contribution is 7.92. The largest absolute Gasteiger partial charge is 0.354 e. The first-order valence-corrected chi connectivity index (χ1v) is 12.9. The van der Waals surface area contributed by atoms with Crippen molar-refractivity contribution in [2.45, 2.75) is 38.0 Å². The van der Waals surface area contributed by atoms with Crippen LogP contribution in [0.3, 0.4) is 0 Å². The highest BCUT2D eigenvalue weighted by Gasteiger charge is 2.27. The van der Waals surface area contributed by atoms with E-state index in [2.05, 4.69) is 17.1 Å². The molecule has 0 aromatic heterocycles. The molecule has 8 heteroatoms. The number of piperidine rings is 1. The molecule has 6 nitrogen and oxygen atoms in total. The predicted octanol–water partition coefficient (Wildman–Crippen LogP) is 4.08. The molecule has 3 rings (SSSR count). The number of benzene rings is 2. The van der Waals surface area contributed by atoms with Crippen LogP contribution in [0.1, 0.15) is 31.7 Å². The van der Waals surface area contributed by atoms with Crippen LogP contribution in [0.25, 0.3) is 0 Å². The fourth-order valence-electron chi connectivity index (χ4n) is 3.79. The van der Waals surface area contributed by atoms with Crippen LogP contribution >= 0.6 is 11.6 Å². The molecule has 1 saturated heterocycles. The van der Waals surface area contributed by atoms with E-state index in [-0.39, 0.29) is 17.3 Å². The number of likely N-dealkylation sites (tertiary alicyclic amines) is 1. The number of anilines is 1. The van der Waals surface area contributed by atoms with Crippen molar-refractivity contribution in [1.29, 1.82) is 0 Å². The number of hydrogen-bond donors (Lipinski definition) is 1. The Kier molecular flexibility index (Phi) is 8.57. The summed E-state index contributed by atoms with van der Waals surface area (Å²) in [4.78, 5) is 15.2. The third kappa shape index (κ3) is 6.70. The quantitative estimate of drug-likeness (QED) is 0.552. The topological polar surface area (TPSA) is 69.7 Å². The average Bonchev–Trinajstić information content (AvgIpc) is 2.76. The van der Waals surface area contributed by atoms with E-state index in [1.807, 2.05) is 6.92 Å². The summed E-state index contributed by atoms with van der Waals surface area (Å²) in [5.74, 6) is 0.451. The molecule has 0 aliphatic carbocycles. The molecule has 1 heterocycles. The maximum absolute atomic E-state index is 13.4. The van der Waals surface area contributed by atoms with Gasteiger partial charge in [0.15, 0.2) is 0 Å². The molecule has 1 N–H and O–H groups in total. The van der Waals surface area contributed by atoms with E-state index >= 15 is 0 Å². The van der Waals surface area contributed by atoms with Gasteiger partial charge in [0.25, 0.3) is 10.0 Å². The molecule has 0 atom stereocenters. The van der Waals surface area contributed by atoms with Gasteiger partial charge in [-0.05, 0) is 82.1 Å². The monoisotopic (exact) mass is 477 g/mol. The van der Waals surface area contributed by atoms with E-state index in [4.69, 9.17) is 11.6 Å². The van der Waals surface area contributed by atoms with Crippen molar-refractivity contribution < 1.29 is 13.2 Å². The molecular formula is C24H32ClN3O3S. The highest BCUT2D eigenvalue weighted by Crippen LogP contribution is 2.26. The third-order valence-corrected chi connectivity index (χ3v) is 7.87. The number of rotatable bonds is 9. The summed E-state index contributed by atoms with van der Waals surface area (Å²) in [6.07, 6.45) is 3.28. The van der Waals surface area contributed by atoms with Gasteiger partial charge in [-0.25, -0.2) is 8.42 Å². The van der Waals surface area contributed by atoms with Crippen molar-refractivity contribution in [3.63, 3.8) is 0 Å². The first-order valence-electron chi connectivity index (χ1n) is 11.1. The van der Waals surface area contributed by atoms with Gasteiger partial charge >= 0.3 is 0 Å². The van der Waals surface area contributed by atoms with Gasteiger partial charge in [-0.1, -0.05) is 42.3 Å². The molecule has 1 aliphatic heterocycles. The van der Waals surface area contributed by atoms with Crippen molar-refractivity contribution in [3.05, 3.63) is 59.1 Å². The van der Waals surface area contributed by atoms with Crippen molar-refractivity contribution in [1.82, 2.24) is 10.2 Å². The summed E-state index contributed by atoms with van der Waals surface area (Å²) in [6, 6.07) is 13.1. The Hall–Kier alpha value is -2.09. The Bertz CT molecular complexity index is 1000. The van der Waals surface area contributed by atoms with Gasteiger partial charge in [-0.3, -0.25) is 9.10 Å². The zero-order valence-electron chi connectivity index (χ0n) is 18.8. The standard InChI is InChI=1S/C24H32ClN3O3S/c1-19-7-9-23(10-8-19)32(30,31)28(22-6-3-5-21(25)17-22)18-24(29)26-13-4-14-27-15-11-20(2)12-16-27/h3,5-10,17,20H,4,11-16,18H2,1-2H3,(H,26,29). The minimum absolute atomic E-state index is 0.134. The van der Waals surface area contributed by atoms with Crippen molar-refractivity contribution >= 4 is 33.2 Å². The highest BCUT2D eigenvalue weighted by atomic mass is 35.5. The molecule has 1 fully saturated rings. The maximum Gasteiger partial charge on any atom is 0.264 e. The van der Waals surface area contributed by atoms with Gasteiger partial charge in [0.1, 0.15) is 6.54 Å². The molecule has 1 aliphatic rings. The lowest BCUT2D eigenvalue weighted by atomic mass is 9.99. The molecule has 0 unspecified atom stereocenters. The van der Waals surface area contributed by atoms with Crippen LogP contribution in [0.5, 0.6) is 0 Å². The van der Waals surface area contributed by atoms with Gasteiger partial charge in [-0.2, -0.15) is 0 Å². The summed E-state index contributed by atoms with van der Waals surface area (Å²) in [5.41, 5.74) is 1.31. The Morgan fingerprint density at radius 3 is 2.50 bits per heavy atom. The Labute approximate surface area is 196 Å². The first kappa shape index (κ1) is 24.6. The van der Waals surface area contributed by atoms with Crippen LogP contribution in [-0.4, -0.2) is 51.9 Å². The van der Waals surface area contributed by atoms with Gasteiger partial charge < -0.3 is 10.2 Å². The number of nitrogens with one attached hydrogen (secondary N) is 1. The van der Waals surface area contributed by atoms with Gasteiger partial charge in [0.05, 0.1) is 10.6 Å². The second kappa shape index (κ2) is 11.2. The average molecular weight is 478 g/mol. The van der Waals surface area contributed by atoms with Gasteiger partial charge in [0.2, 0.25) is 5.91 Å². The number of halogens is 1. The number of amides is 1. The van der Waals surface area contributed by atoms with Crippen LogP contribution in [0.4, 0.5) is 5.69 Å². The summed E-state index contributed by atoms with van der Waals surface area (Å²) < 4.78 is 27.8. The van der Waals surface area contributed by atoms with E-state index in [9.17, 15) is 13.2 Å². The SMILES string of the molecule is Cc1ccc(S(=O)(=O)N(CC(=O)NCCCN2CCC(C)CC2)c2cccc(Cl)c2)cc1. The lowest BCUT2D eigenvalue weighted by Gasteiger charge is -2.30. The fraction of sp³-hybridized carbons (Fsp3) is 0.458. The summed E-state index contributed by atoms with van der Waals surface area (Å²) >= 11 is 6.10. The molecule has 0 saturated carbocycles. The molecule has 174 valence electrons. The molecule has 32 heavy (non-hydrogen) atoms. The van der Waals surface area contributed by atoms with Crippen molar-refractivity contribution in [2.24, 2.45) is 5.92 Å². The molecule has 2 aromatic rings. The zero-order valence-corrected chi connectivity index (χ0v) is 20.3. The summed E-state index contributed by atoms with van der Waals surface area (Å²) in [7, 11) is -3.93. The second-order valence-electron chi connectivity index (χ2n) is 8.53. The van der Waals surface area contributed by atoms with E-state index < -0.39 is 10.0 Å². The molecule has 0 spiro atoms. The van der Waals surface area contributed by atoms with Gasteiger partial charge in [-0.15, -0.1) is 0 Å². The van der Waals surface area contributed by atoms with Gasteiger partial charge in [0, 0.05) is 11.6 Å². The van der Waals surface area contributed by atoms with Crippen LogP contribution in [0.2, 0.25) is 5.02 Å². The van der Waals surface area contributed by atoms with E-state index in [1.165, 1.54) is 12.8 Å². The van der Waals surface area contributed by atoms with E-state index in [0.717, 1.165) is 41.8 Å². The molecular weight excluding hydrogens is 446 g/mol. The molecule has 0 radical (unpaired) electrons. The molecule has 0 bridgehead atoms. The van der Waals surface area contributed by atoms with Crippen molar-refractivity contribution in [3.8, 4) is 0 Å². The normalized spacial score (nSPS) is 15.5. The number of aryl methyl sites for hydroxylation is 1. The Morgan fingerprint density at radius 1 is 1.16 bits per heavy atom. The van der Waals surface area contributed by atoms with E-state index in [0.29, 0.717) is 17.3 Å². The number of carbonyl (C=O) groups is 1. The molecule has 2 aromatic carbocycles. The maximum atomic E-state index is 13.4. The number of hydrogen-bond acceptors (Lipinski definition) is 4. The van der Waals surface area contributed by atoms with Crippen LogP contribution in [-0.2, 0) is 14.8 Å².